The van der Waals surface area contributed by atoms with Gasteiger partial charge in [-0.3, -0.25) is 29.4 Å². The third-order valence-electron chi connectivity index (χ3n) is 3.76. The zero-order valence-corrected chi connectivity index (χ0v) is 15.2. The maximum absolute atomic E-state index is 12.5. The Morgan fingerprint density at radius 1 is 1.15 bits per heavy atom. The summed E-state index contributed by atoms with van der Waals surface area (Å²) in [6, 6.07) is 12.0. The molecule has 0 radical (unpaired) electrons. The van der Waals surface area contributed by atoms with Crippen LogP contribution in [-0.2, 0) is 4.79 Å². The Kier molecular flexibility index (Phi) is 5.38. The summed E-state index contributed by atoms with van der Waals surface area (Å²) in [6.45, 7) is -0.416. The molecule has 1 aliphatic heterocycles. The van der Waals surface area contributed by atoms with E-state index in [0.29, 0.717) is 22.3 Å². The zero-order valence-electron chi connectivity index (χ0n) is 13.6. The summed E-state index contributed by atoms with van der Waals surface area (Å²) in [5.41, 5.74) is 0.347. The van der Waals surface area contributed by atoms with Crippen molar-refractivity contribution >= 4 is 52.1 Å². The van der Waals surface area contributed by atoms with Crippen molar-refractivity contribution in [1.82, 2.24) is 4.90 Å². The van der Waals surface area contributed by atoms with Gasteiger partial charge in [0.05, 0.1) is 21.9 Å². The van der Waals surface area contributed by atoms with E-state index in [2.05, 4.69) is 0 Å². The predicted octanol–water partition coefficient (Wildman–Crippen LogP) is 4.17. The number of hydrogen-bond acceptors (Lipinski definition) is 6. The summed E-state index contributed by atoms with van der Waals surface area (Å²) in [5.74, 6) is -1.08. The van der Waals surface area contributed by atoms with Crippen LogP contribution in [0.3, 0.4) is 0 Å². The molecular formula is C18H11ClN2O5S. The van der Waals surface area contributed by atoms with Crippen molar-refractivity contribution in [3.8, 4) is 0 Å². The van der Waals surface area contributed by atoms with E-state index in [1.54, 1.807) is 6.07 Å². The summed E-state index contributed by atoms with van der Waals surface area (Å²) in [4.78, 5) is 48.3. The van der Waals surface area contributed by atoms with Crippen LogP contribution in [0, 0.1) is 10.1 Å². The van der Waals surface area contributed by atoms with Gasteiger partial charge in [-0.15, -0.1) is 0 Å². The van der Waals surface area contributed by atoms with E-state index in [1.807, 2.05) is 0 Å². The summed E-state index contributed by atoms with van der Waals surface area (Å²) >= 11 is 6.41. The molecule has 1 heterocycles. The number of imide groups is 1. The second-order valence-electron chi connectivity index (χ2n) is 5.51. The SMILES string of the molecule is O=C(CN1C(=O)S/C(=C/c2ccccc2[N+](=O)[O-])C1=O)c1ccc(Cl)cc1. The average molecular weight is 403 g/mol. The number of thioether (sulfide) groups is 1. The molecule has 2 amide bonds. The number of benzene rings is 2. The Morgan fingerprint density at radius 3 is 2.48 bits per heavy atom. The Bertz CT molecular complexity index is 988. The lowest BCUT2D eigenvalue weighted by Gasteiger charge is -2.11. The molecule has 0 atom stereocenters. The first kappa shape index (κ1) is 18.8. The average Bonchev–Trinajstić information content (AvgIpc) is 2.90. The van der Waals surface area contributed by atoms with Gasteiger partial charge >= 0.3 is 0 Å². The van der Waals surface area contributed by atoms with Crippen LogP contribution in [-0.4, -0.2) is 33.3 Å². The molecule has 27 heavy (non-hydrogen) atoms. The van der Waals surface area contributed by atoms with Crippen molar-refractivity contribution in [3.63, 3.8) is 0 Å². The van der Waals surface area contributed by atoms with Gasteiger partial charge in [0, 0.05) is 16.7 Å². The van der Waals surface area contributed by atoms with Gasteiger partial charge in [-0.25, -0.2) is 0 Å². The minimum absolute atomic E-state index is 0.0261. The van der Waals surface area contributed by atoms with Gasteiger partial charge in [0.1, 0.15) is 0 Å². The highest BCUT2D eigenvalue weighted by Gasteiger charge is 2.36. The number of rotatable bonds is 5. The van der Waals surface area contributed by atoms with E-state index in [1.165, 1.54) is 48.5 Å². The minimum atomic E-state index is -0.662. The number of carbonyl (C=O) groups excluding carboxylic acids is 3. The molecule has 0 bridgehead atoms. The molecule has 3 rings (SSSR count). The van der Waals surface area contributed by atoms with E-state index in [-0.39, 0.29) is 16.2 Å². The fourth-order valence-corrected chi connectivity index (χ4v) is 3.38. The largest absolute Gasteiger partial charge is 0.293 e. The monoisotopic (exact) mass is 402 g/mol. The molecule has 9 heteroatoms. The number of carbonyl (C=O) groups is 3. The number of Topliss-reactive ketones (excluding diaryl/α,β-unsaturated/α-hetero) is 1. The van der Waals surface area contributed by atoms with Gasteiger partial charge in [-0.2, -0.15) is 0 Å². The van der Waals surface area contributed by atoms with Crippen LogP contribution in [0.2, 0.25) is 5.02 Å². The van der Waals surface area contributed by atoms with Gasteiger partial charge in [0.25, 0.3) is 16.8 Å². The highest BCUT2D eigenvalue weighted by Crippen LogP contribution is 2.34. The lowest BCUT2D eigenvalue weighted by Crippen LogP contribution is -2.33. The van der Waals surface area contributed by atoms with Crippen molar-refractivity contribution in [2.45, 2.75) is 0 Å². The van der Waals surface area contributed by atoms with Gasteiger partial charge in [-0.05, 0) is 48.2 Å². The third kappa shape index (κ3) is 4.07. The smallest absolute Gasteiger partial charge is 0.292 e. The normalized spacial score (nSPS) is 15.4. The number of nitro benzene ring substituents is 1. The van der Waals surface area contributed by atoms with E-state index in [0.717, 1.165) is 4.90 Å². The molecule has 0 aromatic heterocycles. The van der Waals surface area contributed by atoms with Crippen molar-refractivity contribution in [2.75, 3.05) is 6.54 Å². The number of nitrogens with zero attached hydrogens (tertiary/aromatic N) is 2. The van der Waals surface area contributed by atoms with Crippen LogP contribution >= 0.6 is 23.4 Å². The van der Waals surface area contributed by atoms with Crippen LogP contribution in [0.4, 0.5) is 10.5 Å². The number of ketones is 1. The summed E-state index contributed by atoms with van der Waals surface area (Å²) in [5, 5.41) is 10.9. The zero-order chi connectivity index (χ0) is 19.6. The molecule has 0 spiro atoms. The van der Waals surface area contributed by atoms with Crippen molar-refractivity contribution < 1.29 is 19.3 Å². The molecule has 7 nitrogen and oxygen atoms in total. The standard InChI is InChI=1S/C18H11ClN2O5S/c19-13-7-5-11(6-8-13)15(22)10-20-17(23)16(27-18(20)24)9-12-3-1-2-4-14(12)21(25)26/h1-9H,10H2/b16-9+. The molecule has 0 N–H and O–H groups in total. The molecule has 1 aliphatic rings. The molecule has 0 aliphatic carbocycles. The maximum Gasteiger partial charge on any atom is 0.293 e. The first-order chi connectivity index (χ1) is 12.9. The second-order valence-corrected chi connectivity index (χ2v) is 6.94. The van der Waals surface area contributed by atoms with E-state index >= 15 is 0 Å². The van der Waals surface area contributed by atoms with Crippen LogP contribution in [0.1, 0.15) is 15.9 Å². The lowest BCUT2D eigenvalue weighted by molar-refractivity contribution is -0.385. The minimum Gasteiger partial charge on any atom is -0.292 e. The van der Waals surface area contributed by atoms with Gasteiger partial charge in [0.2, 0.25) is 0 Å². The number of nitro groups is 1. The molecule has 136 valence electrons. The first-order valence-corrected chi connectivity index (χ1v) is 8.84. The van der Waals surface area contributed by atoms with Crippen molar-refractivity contribution in [1.29, 1.82) is 0 Å². The molecule has 2 aromatic rings. The number of halogens is 1. The fraction of sp³-hybridized carbons (Fsp3) is 0.0556. The highest BCUT2D eigenvalue weighted by atomic mass is 35.5. The molecule has 1 fully saturated rings. The molecule has 0 saturated carbocycles. The number of para-hydroxylation sites is 1. The fourth-order valence-electron chi connectivity index (χ4n) is 2.42. The van der Waals surface area contributed by atoms with Crippen LogP contribution in [0.25, 0.3) is 6.08 Å². The van der Waals surface area contributed by atoms with E-state index in [9.17, 15) is 24.5 Å². The first-order valence-electron chi connectivity index (χ1n) is 7.64. The Balaban J connectivity index is 1.82. The molecule has 2 aromatic carbocycles. The van der Waals surface area contributed by atoms with E-state index in [4.69, 9.17) is 11.6 Å². The second kappa shape index (κ2) is 7.73. The number of amides is 2. The lowest BCUT2D eigenvalue weighted by atomic mass is 10.1. The quantitative estimate of drug-likeness (QED) is 0.322. The van der Waals surface area contributed by atoms with E-state index < -0.39 is 28.4 Å². The van der Waals surface area contributed by atoms with Gasteiger partial charge in [0.15, 0.2) is 5.78 Å². The Hall–Kier alpha value is -2.97. The maximum atomic E-state index is 12.5. The number of hydrogen-bond donors (Lipinski definition) is 0. The molecule has 0 unspecified atom stereocenters. The summed E-state index contributed by atoms with van der Waals surface area (Å²) in [6.07, 6.45) is 1.29. The molecule has 1 saturated heterocycles. The van der Waals surface area contributed by atoms with Gasteiger partial charge in [-0.1, -0.05) is 23.7 Å². The Labute approximate surface area is 162 Å². The Morgan fingerprint density at radius 2 is 1.81 bits per heavy atom. The molecular weight excluding hydrogens is 392 g/mol. The van der Waals surface area contributed by atoms with Crippen molar-refractivity contribution in [2.24, 2.45) is 0 Å². The van der Waals surface area contributed by atoms with Crippen LogP contribution in [0.15, 0.2) is 53.4 Å². The summed E-state index contributed by atoms with van der Waals surface area (Å²) < 4.78 is 0. The van der Waals surface area contributed by atoms with Gasteiger partial charge < -0.3 is 0 Å². The third-order valence-corrected chi connectivity index (χ3v) is 4.92. The van der Waals surface area contributed by atoms with Crippen LogP contribution < -0.4 is 0 Å². The highest BCUT2D eigenvalue weighted by molar-refractivity contribution is 8.18. The topological polar surface area (TPSA) is 97.6 Å². The van der Waals surface area contributed by atoms with Crippen molar-refractivity contribution in [3.05, 3.63) is 79.7 Å². The predicted molar refractivity (Wildman–Crippen MR) is 102 cm³/mol. The van der Waals surface area contributed by atoms with Crippen LogP contribution in [0.5, 0.6) is 0 Å². The summed E-state index contributed by atoms with van der Waals surface area (Å²) in [7, 11) is 0.